The Bertz CT molecular complexity index is 1100. The second-order valence-corrected chi connectivity index (χ2v) is 8.65. The first-order valence-electron chi connectivity index (χ1n) is 10.3. The molecule has 1 aromatic heterocycles. The van der Waals surface area contributed by atoms with Gasteiger partial charge in [-0.2, -0.15) is 0 Å². The maximum absolute atomic E-state index is 13.2. The van der Waals surface area contributed by atoms with E-state index in [0.717, 1.165) is 5.69 Å². The summed E-state index contributed by atoms with van der Waals surface area (Å²) in [5.74, 6) is 1.74. The van der Waals surface area contributed by atoms with Crippen LogP contribution in [0.5, 0.6) is 11.5 Å². The molecule has 8 nitrogen and oxygen atoms in total. The number of hydrogen-bond acceptors (Lipinski definition) is 5. The zero-order valence-corrected chi connectivity index (χ0v) is 20.0. The van der Waals surface area contributed by atoms with E-state index in [4.69, 9.17) is 9.47 Å². The van der Waals surface area contributed by atoms with E-state index >= 15 is 0 Å². The smallest absolute Gasteiger partial charge is 0.329 e. The number of urea groups is 1. The zero-order valence-electron chi connectivity index (χ0n) is 20.0. The summed E-state index contributed by atoms with van der Waals surface area (Å²) in [7, 11) is 6.62. The molecular formula is C24H31N5O3. The van der Waals surface area contributed by atoms with E-state index in [0.29, 0.717) is 28.7 Å². The van der Waals surface area contributed by atoms with Crippen molar-refractivity contribution in [1.82, 2.24) is 15.0 Å². The van der Waals surface area contributed by atoms with Gasteiger partial charge in [-0.05, 0) is 42.2 Å². The molecule has 0 aliphatic rings. The van der Waals surface area contributed by atoms with Gasteiger partial charge in [-0.25, -0.2) is 9.48 Å². The van der Waals surface area contributed by atoms with Crippen molar-refractivity contribution in [2.45, 2.75) is 33.1 Å². The largest absolute Gasteiger partial charge is 0.497 e. The van der Waals surface area contributed by atoms with Crippen molar-refractivity contribution in [3.05, 3.63) is 53.7 Å². The summed E-state index contributed by atoms with van der Waals surface area (Å²) in [5, 5.41) is 8.52. The SMILES string of the molecule is COc1ccc(OC)c(-n2nnc(N(C)C(=O)N(C)c3ccc(C(C)(C)C)cc3)c2C)c1. The highest BCUT2D eigenvalue weighted by molar-refractivity contribution is 6.02. The lowest BCUT2D eigenvalue weighted by Gasteiger charge is -2.25. The van der Waals surface area contributed by atoms with Gasteiger partial charge in [0.05, 0.1) is 19.9 Å². The Morgan fingerprint density at radius 3 is 2.19 bits per heavy atom. The Hall–Kier alpha value is -3.55. The van der Waals surface area contributed by atoms with Crippen LogP contribution in [0.3, 0.4) is 0 Å². The van der Waals surface area contributed by atoms with Crippen LogP contribution < -0.4 is 19.3 Å². The van der Waals surface area contributed by atoms with Crippen LogP contribution in [0.25, 0.3) is 5.69 Å². The number of methoxy groups -OCH3 is 2. The quantitative estimate of drug-likeness (QED) is 0.584. The first-order valence-corrected chi connectivity index (χ1v) is 10.3. The average Bonchev–Trinajstić information content (AvgIpc) is 3.17. The van der Waals surface area contributed by atoms with E-state index in [9.17, 15) is 4.79 Å². The molecule has 0 saturated heterocycles. The van der Waals surface area contributed by atoms with Gasteiger partial charge < -0.3 is 9.47 Å². The molecule has 170 valence electrons. The maximum atomic E-state index is 13.2. The van der Waals surface area contributed by atoms with Gasteiger partial charge in [0, 0.05) is 25.8 Å². The van der Waals surface area contributed by atoms with E-state index in [2.05, 4.69) is 43.2 Å². The van der Waals surface area contributed by atoms with Gasteiger partial charge in [0.1, 0.15) is 17.2 Å². The molecule has 0 N–H and O–H groups in total. The summed E-state index contributed by atoms with van der Waals surface area (Å²) in [6.45, 7) is 8.34. The van der Waals surface area contributed by atoms with Crippen molar-refractivity contribution >= 4 is 17.5 Å². The van der Waals surface area contributed by atoms with Crippen LogP contribution in [0.15, 0.2) is 42.5 Å². The number of carbonyl (C=O) groups excluding carboxylic acids is 1. The van der Waals surface area contributed by atoms with Gasteiger partial charge in [0.25, 0.3) is 0 Å². The topological polar surface area (TPSA) is 72.7 Å². The van der Waals surface area contributed by atoms with Gasteiger partial charge in [-0.1, -0.05) is 38.1 Å². The van der Waals surface area contributed by atoms with Crippen LogP contribution in [-0.2, 0) is 5.41 Å². The number of hydrogen-bond donors (Lipinski definition) is 0. The molecule has 2 aromatic carbocycles. The highest BCUT2D eigenvalue weighted by Crippen LogP contribution is 2.30. The predicted molar refractivity (Wildman–Crippen MR) is 127 cm³/mol. The average molecular weight is 438 g/mol. The molecule has 1 heterocycles. The van der Waals surface area contributed by atoms with Crippen molar-refractivity contribution in [2.24, 2.45) is 0 Å². The van der Waals surface area contributed by atoms with Gasteiger partial charge in [0.2, 0.25) is 0 Å². The Labute approximate surface area is 189 Å². The molecule has 2 amide bonds. The molecule has 8 heteroatoms. The van der Waals surface area contributed by atoms with Crippen molar-refractivity contribution in [3.63, 3.8) is 0 Å². The summed E-state index contributed by atoms with van der Waals surface area (Å²) in [5.41, 5.74) is 3.43. The van der Waals surface area contributed by atoms with Crippen LogP contribution >= 0.6 is 0 Å². The summed E-state index contributed by atoms with van der Waals surface area (Å²) in [6.07, 6.45) is 0. The maximum Gasteiger partial charge on any atom is 0.329 e. The first-order chi connectivity index (χ1) is 15.1. The number of nitrogens with zero attached hydrogens (tertiary/aromatic N) is 5. The molecular weight excluding hydrogens is 406 g/mol. The lowest BCUT2D eigenvalue weighted by atomic mass is 9.87. The molecule has 0 radical (unpaired) electrons. The predicted octanol–water partition coefficient (Wildman–Crippen LogP) is 4.58. The van der Waals surface area contributed by atoms with Gasteiger partial charge in [-0.15, -0.1) is 5.10 Å². The molecule has 0 aliphatic carbocycles. The number of amides is 2. The van der Waals surface area contributed by atoms with E-state index < -0.39 is 0 Å². The van der Waals surface area contributed by atoms with E-state index in [1.54, 1.807) is 44.0 Å². The van der Waals surface area contributed by atoms with Crippen LogP contribution in [0, 0.1) is 6.92 Å². The minimum absolute atomic E-state index is 0.0503. The Morgan fingerprint density at radius 2 is 1.62 bits per heavy atom. The van der Waals surface area contributed by atoms with Gasteiger partial charge in [-0.3, -0.25) is 9.80 Å². The molecule has 0 bridgehead atoms. The Kier molecular flexibility index (Phi) is 6.43. The molecule has 32 heavy (non-hydrogen) atoms. The minimum Gasteiger partial charge on any atom is -0.497 e. The third-order valence-corrected chi connectivity index (χ3v) is 5.50. The monoisotopic (exact) mass is 437 g/mol. The number of benzene rings is 2. The number of anilines is 2. The fraction of sp³-hybridized carbons (Fsp3) is 0.375. The molecule has 0 atom stereocenters. The Morgan fingerprint density at radius 1 is 0.969 bits per heavy atom. The molecule has 3 rings (SSSR count). The number of carbonyl (C=O) groups is 1. The number of rotatable bonds is 5. The lowest BCUT2D eigenvalue weighted by Crippen LogP contribution is -2.39. The van der Waals surface area contributed by atoms with E-state index in [1.807, 2.05) is 31.2 Å². The fourth-order valence-electron chi connectivity index (χ4n) is 3.43. The molecule has 3 aromatic rings. The molecule has 0 unspecified atom stereocenters. The fourth-order valence-corrected chi connectivity index (χ4v) is 3.43. The van der Waals surface area contributed by atoms with E-state index in [1.165, 1.54) is 10.5 Å². The molecule has 0 fully saturated rings. The summed E-state index contributed by atoms with van der Waals surface area (Å²) in [4.78, 5) is 16.3. The van der Waals surface area contributed by atoms with Crippen molar-refractivity contribution in [1.29, 1.82) is 0 Å². The standard InChI is InChI=1S/C24H31N5O3/c1-16-22(25-26-29(16)20-15-19(31-7)13-14-21(20)32-8)28(6)23(30)27(5)18-11-9-17(10-12-18)24(2,3)4/h9-15H,1-8H3. The zero-order chi connectivity index (χ0) is 23.6. The third kappa shape index (κ3) is 4.39. The Balaban J connectivity index is 1.88. The van der Waals surface area contributed by atoms with E-state index in [-0.39, 0.29) is 11.4 Å². The van der Waals surface area contributed by atoms with Gasteiger partial charge >= 0.3 is 6.03 Å². The summed E-state index contributed by atoms with van der Waals surface area (Å²) in [6, 6.07) is 13.2. The van der Waals surface area contributed by atoms with Crippen LogP contribution in [-0.4, -0.2) is 49.3 Å². The molecule has 0 aliphatic heterocycles. The number of aromatic nitrogens is 3. The third-order valence-electron chi connectivity index (χ3n) is 5.50. The second kappa shape index (κ2) is 8.90. The highest BCUT2D eigenvalue weighted by atomic mass is 16.5. The van der Waals surface area contributed by atoms with Crippen LogP contribution in [0.4, 0.5) is 16.3 Å². The van der Waals surface area contributed by atoms with Crippen LogP contribution in [0.2, 0.25) is 0 Å². The van der Waals surface area contributed by atoms with Crippen LogP contribution in [0.1, 0.15) is 32.0 Å². The molecule has 0 spiro atoms. The number of ether oxygens (including phenoxy) is 2. The van der Waals surface area contributed by atoms with Crippen molar-refractivity contribution in [3.8, 4) is 17.2 Å². The summed E-state index contributed by atoms with van der Waals surface area (Å²) >= 11 is 0. The second-order valence-electron chi connectivity index (χ2n) is 8.65. The normalized spacial score (nSPS) is 11.2. The highest BCUT2D eigenvalue weighted by Gasteiger charge is 2.24. The van der Waals surface area contributed by atoms with Crippen molar-refractivity contribution in [2.75, 3.05) is 38.1 Å². The van der Waals surface area contributed by atoms with Crippen molar-refractivity contribution < 1.29 is 14.3 Å². The first kappa shape index (κ1) is 23.1. The van der Waals surface area contributed by atoms with Gasteiger partial charge in [0.15, 0.2) is 5.82 Å². The molecule has 0 saturated carbocycles. The summed E-state index contributed by atoms with van der Waals surface area (Å²) < 4.78 is 12.4. The minimum atomic E-state index is -0.221. The lowest BCUT2D eigenvalue weighted by molar-refractivity contribution is 0.253.